The van der Waals surface area contributed by atoms with Crippen LogP contribution in [-0.2, 0) is 11.2 Å². The molecule has 0 bridgehead atoms. The molecule has 4 nitrogen and oxygen atoms in total. The smallest absolute Gasteiger partial charge is 0.194 e. The predicted octanol–water partition coefficient (Wildman–Crippen LogP) is 3.13. The molecule has 1 aromatic carbocycles. The van der Waals surface area contributed by atoms with E-state index < -0.39 is 0 Å². The van der Waals surface area contributed by atoms with E-state index in [4.69, 9.17) is 9.15 Å². The highest BCUT2D eigenvalue weighted by atomic mass is 16.5. The number of hydrogen-bond acceptors (Lipinski definition) is 4. The number of rotatable bonds is 8. The van der Waals surface area contributed by atoms with Gasteiger partial charge in [-0.25, -0.2) is 4.98 Å². The molecule has 0 aliphatic rings. The van der Waals surface area contributed by atoms with Crippen LogP contribution in [0.15, 0.2) is 28.8 Å². The minimum absolute atomic E-state index is 0.746. The Morgan fingerprint density at radius 3 is 2.86 bits per heavy atom. The maximum absolute atomic E-state index is 5.85. The highest BCUT2D eigenvalue weighted by molar-refractivity contribution is 5.61. The van der Waals surface area contributed by atoms with Crippen LogP contribution in [0.3, 0.4) is 0 Å². The standard InChI is InChI=1S/C17H24N2O2/c1-13-6-7-15(14(2)11-13)16-12-19-17(21-16)5-4-8-18-9-10-20-3/h6-7,11-12,18H,4-5,8-10H2,1-3H3. The molecule has 0 aliphatic carbocycles. The highest BCUT2D eigenvalue weighted by Crippen LogP contribution is 2.25. The normalized spacial score (nSPS) is 11.0. The molecule has 0 saturated heterocycles. The Balaban J connectivity index is 1.86. The van der Waals surface area contributed by atoms with Crippen LogP contribution in [0.4, 0.5) is 0 Å². The molecule has 0 saturated carbocycles. The number of nitrogens with zero attached hydrogens (tertiary/aromatic N) is 1. The summed E-state index contributed by atoms with van der Waals surface area (Å²) in [5.41, 5.74) is 3.61. The van der Waals surface area contributed by atoms with Gasteiger partial charge in [0, 0.05) is 25.6 Å². The van der Waals surface area contributed by atoms with Gasteiger partial charge in [0.1, 0.15) is 0 Å². The van der Waals surface area contributed by atoms with Gasteiger partial charge in [0.15, 0.2) is 11.7 Å². The molecule has 2 aromatic rings. The molecule has 0 radical (unpaired) electrons. The van der Waals surface area contributed by atoms with E-state index in [0.29, 0.717) is 0 Å². The Morgan fingerprint density at radius 2 is 2.10 bits per heavy atom. The Hall–Kier alpha value is -1.65. The van der Waals surface area contributed by atoms with Crippen molar-refractivity contribution in [2.24, 2.45) is 0 Å². The van der Waals surface area contributed by atoms with Gasteiger partial charge in [0.2, 0.25) is 0 Å². The Kier molecular flexibility index (Phi) is 5.96. The molecule has 0 aliphatic heterocycles. The van der Waals surface area contributed by atoms with Gasteiger partial charge in [-0.15, -0.1) is 0 Å². The van der Waals surface area contributed by atoms with Gasteiger partial charge < -0.3 is 14.5 Å². The molecule has 1 N–H and O–H groups in total. The van der Waals surface area contributed by atoms with Crippen LogP contribution < -0.4 is 5.32 Å². The minimum atomic E-state index is 0.746. The first-order valence-electron chi connectivity index (χ1n) is 7.42. The second kappa shape index (κ2) is 7.96. The summed E-state index contributed by atoms with van der Waals surface area (Å²) in [5.74, 6) is 1.66. The number of aromatic nitrogens is 1. The van der Waals surface area contributed by atoms with Crippen molar-refractivity contribution in [1.29, 1.82) is 0 Å². The van der Waals surface area contributed by atoms with Gasteiger partial charge in [-0.2, -0.15) is 0 Å². The molecule has 0 atom stereocenters. The van der Waals surface area contributed by atoms with Crippen molar-refractivity contribution in [3.05, 3.63) is 41.4 Å². The van der Waals surface area contributed by atoms with E-state index in [1.165, 1.54) is 11.1 Å². The first-order chi connectivity index (χ1) is 10.2. The van der Waals surface area contributed by atoms with Crippen LogP contribution in [0, 0.1) is 13.8 Å². The summed E-state index contributed by atoms with van der Waals surface area (Å²) in [6, 6.07) is 6.36. The molecule has 0 amide bonds. The van der Waals surface area contributed by atoms with Crippen molar-refractivity contribution in [2.45, 2.75) is 26.7 Å². The fraction of sp³-hybridized carbons (Fsp3) is 0.471. The van der Waals surface area contributed by atoms with Crippen molar-refractivity contribution in [1.82, 2.24) is 10.3 Å². The van der Waals surface area contributed by atoms with Crippen molar-refractivity contribution >= 4 is 0 Å². The summed E-state index contributed by atoms with van der Waals surface area (Å²) in [6.45, 7) is 6.78. The number of aryl methyl sites for hydroxylation is 3. The van der Waals surface area contributed by atoms with E-state index in [1.807, 2.05) is 6.20 Å². The zero-order chi connectivity index (χ0) is 15.1. The van der Waals surface area contributed by atoms with Crippen molar-refractivity contribution in [2.75, 3.05) is 26.8 Å². The largest absolute Gasteiger partial charge is 0.441 e. The quantitative estimate of drug-likeness (QED) is 0.758. The molecule has 0 fully saturated rings. The number of nitrogens with one attached hydrogen (secondary N) is 1. The average Bonchev–Trinajstić information content (AvgIpc) is 2.91. The third kappa shape index (κ3) is 4.69. The van der Waals surface area contributed by atoms with Gasteiger partial charge in [-0.05, 0) is 32.4 Å². The van der Waals surface area contributed by atoms with E-state index in [-0.39, 0.29) is 0 Å². The molecule has 114 valence electrons. The summed E-state index contributed by atoms with van der Waals surface area (Å²) in [4.78, 5) is 4.37. The number of hydrogen-bond donors (Lipinski definition) is 1. The van der Waals surface area contributed by atoms with Crippen LogP contribution in [0.5, 0.6) is 0 Å². The maximum atomic E-state index is 5.85. The zero-order valence-corrected chi connectivity index (χ0v) is 13.1. The molecular formula is C17H24N2O2. The number of methoxy groups -OCH3 is 1. The monoisotopic (exact) mass is 288 g/mol. The van der Waals surface area contributed by atoms with Gasteiger partial charge in [0.05, 0.1) is 12.8 Å². The maximum Gasteiger partial charge on any atom is 0.194 e. The second-order valence-corrected chi connectivity index (χ2v) is 5.28. The first-order valence-corrected chi connectivity index (χ1v) is 7.42. The third-order valence-corrected chi connectivity index (χ3v) is 3.43. The van der Waals surface area contributed by atoms with Gasteiger partial charge in [-0.1, -0.05) is 23.8 Å². The zero-order valence-electron chi connectivity index (χ0n) is 13.1. The van der Waals surface area contributed by atoms with Crippen molar-refractivity contribution in [3.8, 4) is 11.3 Å². The van der Waals surface area contributed by atoms with E-state index >= 15 is 0 Å². The summed E-state index contributed by atoms with van der Waals surface area (Å²) in [5, 5.41) is 3.32. The summed E-state index contributed by atoms with van der Waals surface area (Å²) in [6.07, 6.45) is 3.69. The predicted molar refractivity (Wildman–Crippen MR) is 84.5 cm³/mol. The molecule has 4 heteroatoms. The van der Waals surface area contributed by atoms with Crippen molar-refractivity contribution < 1.29 is 9.15 Å². The Morgan fingerprint density at radius 1 is 1.24 bits per heavy atom. The molecule has 2 rings (SSSR count). The van der Waals surface area contributed by atoms with E-state index in [1.54, 1.807) is 7.11 Å². The topological polar surface area (TPSA) is 47.3 Å². The van der Waals surface area contributed by atoms with Gasteiger partial charge >= 0.3 is 0 Å². The Bertz CT molecular complexity index is 564. The molecule has 0 unspecified atom stereocenters. The highest BCUT2D eigenvalue weighted by Gasteiger charge is 2.08. The lowest BCUT2D eigenvalue weighted by Gasteiger charge is -2.03. The molecule has 1 aromatic heterocycles. The van der Waals surface area contributed by atoms with Crippen LogP contribution in [0.25, 0.3) is 11.3 Å². The van der Waals surface area contributed by atoms with Gasteiger partial charge in [0.25, 0.3) is 0 Å². The number of benzene rings is 1. The van der Waals surface area contributed by atoms with E-state index in [0.717, 1.165) is 49.8 Å². The SMILES string of the molecule is COCCNCCCc1ncc(-c2ccc(C)cc2C)o1. The minimum Gasteiger partial charge on any atom is -0.441 e. The van der Waals surface area contributed by atoms with Gasteiger partial charge in [-0.3, -0.25) is 0 Å². The molecule has 21 heavy (non-hydrogen) atoms. The summed E-state index contributed by atoms with van der Waals surface area (Å²) in [7, 11) is 1.71. The molecule has 0 spiro atoms. The van der Waals surface area contributed by atoms with Crippen molar-refractivity contribution in [3.63, 3.8) is 0 Å². The number of ether oxygens (including phenoxy) is 1. The lowest BCUT2D eigenvalue weighted by atomic mass is 10.0. The second-order valence-electron chi connectivity index (χ2n) is 5.28. The fourth-order valence-corrected chi connectivity index (χ4v) is 2.30. The van der Waals surface area contributed by atoms with Crippen LogP contribution in [0.2, 0.25) is 0 Å². The lowest BCUT2D eigenvalue weighted by molar-refractivity contribution is 0.199. The molecular weight excluding hydrogens is 264 g/mol. The van der Waals surface area contributed by atoms with Crippen LogP contribution in [0.1, 0.15) is 23.4 Å². The summed E-state index contributed by atoms with van der Waals surface area (Å²) < 4.78 is 10.8. The first kappa shape index (κ1) is 15.7. The van der Waals surface area contributed by atoms with Crippen LogP contribution >= 0.6 is 0 Å². The summed E-state index contributed by atoms with van der Waals surface area (Å²) >= 11 is 0. The average molecular weight is 288 g/mol. The third-order valence-electron chi connectivity index (χ3n) is 3.43. The van der Waals surface area contributed by atoms with E-state index in [9.17, 15) is 0 Å². The fourth-order valence-electron chi connectivity index (χ4n) is 2.30. The Labute approximate surface area is 126 Å². The number of oxazole rings is 1. The van der Waals surface area contributed by atoms with E-state index in [2.05, 4.69) is 42.3 Å². The van der Waals surface area contributed by atoms with Crippen LogP contribution in [-0.4, -0.2) is 31.8 Å². The lowest BCUT2D eigenvalue weighted by Crippen LogP contribution is -2.20. The molecule has 1 heterocycles.